The molecule has 174 valence electrons. The van der Waals surface area contributed by atoms with Gasteiger partial charge in [0.25, 0.3) is 5.91 Å². The van der Waals surface area contributed by atoms with Crippen LogP contribution in [0.5, 0.6) is 0 Å². The van der Waals surface area contributed by atoms with Gasteiger partial charge >= 0.3 is 0 Å². The molecule has 2 aromatic rings. The first-order valence-corrected chi connectivity index (χ1v) is 11.5. The van der Waals surface area contributed by atoms with Crippen LogP contribution in [0.25, 0.3) is 0 Å². The maximum atomic E-state index is 13.7. The molecule has 0 saturated carbocycles. The van der Waals surface area contributed by atoms with Crippen molar-refractivity contribution in [2.75, 3.05) is 29.5 Å². The number of aryl methyl sites for hydroxylation is 1. The summed E-state index contributed by atoms with van der Waals surface area (Å²) >= 11 is 0. The lowest BCUT2D eigenvalue weighted by molar-refractivity contribution is -0.145. The molecule has 1 spiro atoms. The zero-order chi connectivity index (χ0) is 23.2. The van der Waals surface area contributed by atoms with Gasteiger partial charge in [0.05, 0.1) is 17.5 Å². The smallest absolute Gasteiger partial charge is 0.264 e. The number of ether oxygens (including phenoxy) is 1. The van der Waals surface area contributed by atoms with E-state index in [-0.39, 0.29) is 30.4 Å². The number of aliphatic hydroxyl groups is 1. The van der Waals surface area contributed by atoms with Crippen molar-refractivity contribution in [2.45, 2.75) is 50.9 Å². The summed E-state index contributed by atoms with van der Waals surface area (Å²) in [4.78, 5) is 29.3. The average molecular weight is 452 g/mol. The van der Waals surface area contributed by atoms with E-state index in [4.69, 9.17) is 9.84 Å². The van der Waals surface area contributed by atoms with E-state index in [0.717, 1.165) is 29.1 Å². The minimum absolute atomic E-state index is 0.0217. The molecule has 33 heavy (non-hydrogen) atoms. The van der Waals surface area contributed by atoms with Gasteiger partial charge in [-0.05, 0) is 31.0 Å². The van der Waals surface area contributed by atoms with Crippen LogP contribution in [-0.4, -0.2) is 57.7 Å². The lowest BCUT2D eigenvalue weighted by Crippen LogP contribution is -2.44. The third kappa shape index (κ3) is 3.46. The maximum absolute atomic E-state index is 13.7. The van der Waals surface area contributed by atoms with E-state index in [9.17, 15) is 9.59 Å². The van der Waals surface area contributed by atoms with Crippen molar-refractivity contribution >= 4 is 23.2 Å². The summed E-state index contributed by atoms with van der Waals surface area (Å²) in [5.74, 6) is 0.0139. The molecule has 2 saturated heterocycles. The molecule has 1 aromatic heterocycles. The van der Waals surface area contributed by atoms with Gasteiger partial charge in [0.15, 0.2) is 5.60 Å². The highest BCUT2D eigenvalue weighted by atomic mass is 16.5. The number of carbonyl (C=O) groups is 2. The Morgan fingerprint density at radius 2 is 2.21 bits per heavy atom. The van der Waals surface area contributed by atoms with Crippen LogP contribution in [0, 0.1) is 5.92 Å². The van der Waals surface area contributed by atoms with Gasteiger partial charge in [0.2, 0.25) is 5.91 Å². The molecule has 3 aliphatic heterocycles. The number of β-lactam (4-membered cyclic amide) rings is 1. The van der Waals surface area contributed by atoms with Gasteiger partial charge in [-0.2, -0.15) is 0 Å². The van der Waals surface area contributed by atoms with Crippen molar-refractivity contribution < 1.29 is 19.4 Å². The second kappa shape index (κ2) is 8.39. The van der Waals surface area contributed by atoms with Gasteiger partial charge < -0.3 is 19.6 Å². The molecule has 0 bridgehead atoms. The largest absolute Gasteiger partial charge is 0.396 e. The Balaban J connectivity index is 1.41. The fourth-order valence-corrected chi connectivity index (χ4v) is 5.26. The zero-order valence-electron chi connectivity index (χ0n) is 18.8. The maximum Gasteiger partial charge on any atom is 0.264 e. The highest BCUT2D eigenvalue weighted by molar-refractivity contribution is 6.09. The van der Waals surface area contributed by atoms with Crippen LogP contribution < -0.4 is 9.80 Å². The van der Waals surface area contributed by atoms with Crippen LogP contribution in [0.2, 0.25) is 0 Å². The summed E-state index contributed by atoms with van der Waals surface area (Å²) < 4.78 is 8.35. The molecule has 3 atom stereocenters. The topological polar surface area (TPSA) is 101 Å². The Labute approximate surface area is 192 Å². The predicted molar refractivity (Wildman–Crippen MR) is 122 cm³/mol. The predicted octanol–water partition coefficient (Wildman–Crippen LogP) is 1.79. The molecular formula is C24H29N5O4. The molecule has 0 unspecified atom stereocenters. The Hall–Kier alpha value is -3.04. The third-order valence-corrected chi connectivity index (χ3v) is 7.00. The molecular weight excluding hydrogens is 422 g/mol. The number of hydrogen-bond acceptors (Lipinski definition) is 6. The minimum atomic E-state index is -1.06. The Morgan fingerprint density at radius 3 is 2.91 bits per heavy atom. The molecule has 1 aromatic carbocycles. The highest BCUT2D eigenvalue weighted by Gasteiger charge is 2.60. The SMILES string of the molecule is C=CCN1C(=O)[C@@]2(O[C@@H](CCn3cc(CCO)nn3)C[C@H]2C)c2cc(N3CCC3=O)ccc21. The fraction of sp³-hybridized carbons (Fsp3) is 0.500. The third-order valence-electron chi connectivity index (χ3n) is 7.00. The first-order valence-electron chi connectivity index (χ1n) is 11.5. The molecule has 9 heteroatoms. The van der Waals surface area contributed by atoms with Crippen molar-refractivity contribution in [3.8, 4) is 0 Å². The summed E-state index contributed by atoms with van der Waals surface area (Å²) in [5, 5.41) is 17.3. The first kappa shape index (κ1) is 21.8. The second-order valence-electron chi connectivity index (χ2n) is 9.05. The average Bonchev–Trinajstić information content (AvgIpc) is 3.44. The van der Waals surface area contributed by atoms with Gasteiger partial charge in [0.1, 0.15) is 0 Å². The van der Waals surface area contributed by atoms with Crippen molar-refractivity contribution in [2.24, 2.45) is 5.92 Å². The van der Waals surface area contributed by atoms with E-state index in [1.54, 1.807) is 20.6 Å². The monoisotopic (exact) mass is 451 g/mol. The standard InChI is InChI=1S/C24H29N5O4/c1-3-9-29-21-5-4-18(28-11-7-22(28)31)14-20(21)24(23(29)32)16(2)13-19(33-24)6-10-27-15-17(8-12-30)25-26-27/h3-5,14-16,19,30H,1,6-13H2,2H3/t16-,19+,24+/m1/s1. The molecule has 2 amide bonds. The molecule has 2 fully saturated rings. The van der Waals surface area contributed by atoms with Gasteiger partial charge in [-0.15, -0.1) is 11.7 Å². The first-order chi connectivity index (χ1) is 16.0. The number of carbonyl (C=O) groups excluding carboxylic acids is 2. The zero-order valence-corrected chi connectivity index (χ0v) is 18.8. The summed E-state index contributed by atoms with van der Waals surface area (Å²) in [6, 6.07) is 5.79. The van der Waals surface area contributed by atoms with E-state index < -0.39 is 5.60 Å². The van der Waals surface area contributed by atoms with Crippen LogP contribution in [0.4, 0.5) is 11.4 Å². The Morgan fingerprint density at radius 1 is 1.36 bits per heavy atom. The number of amides is 2. The molecule has 5 rings (SSSR count). The molecule has 1 N–H and O–H groups in total. The number of fused-ring (bicyclic) bond motifs is 2. The Kier molecular flexibility index (Phi) is 5.54. The van der Waals surface area contributed by atoms with Gasteiger partial charge in [0, 0.05) is 62.4 Å². The van der Waals surface area contributed by atoms with Gasteiger partial charge in [-0.1, -0.05) is 18.2 Å². The summed E-state index contributed by atoms with van der Waals surface area (Å²) in [7, 11) is 0. The summed E-state index contributed by atoms with van der Waals surface area (Å²) in [5.41, 5.74) is 2.18. The van der Waals surface area contributed by atoms with Crippen molar-refractivity contribution in [3.63, 3.8) is 0 Å². The number of benzene rings is 1. The lowest BCUT2D eigenvalue weighted by Gasteiger charge is -2.32. The number of aromatic nitrogens is 3. The van der Waals surface area contributed by atoms with E-state index in [1.165, 1.54) is 0 Å². The van der Waals surface area contributed by atoms with E-state index in [0.29, 0.717) is 38.9 Å². The quantitative estimate of drug-likeness (QED) is 0.485. The van der Waals surface area contributed by atoms with Crippen LogP contribution in [0.1, 0.15) is 37.4 Å². The number of aliphatic hydroxyl groups excluding tert-OH is 1. The molecule has 3 aliphatic rings. The second-order valence-corrected chi connectivity index (χ2v) is 9.05. The highest BCUT2D eigenvalue weighted by Crippen LogP contribution is 2.54. The van der Waals surface area contributed by atoms with Crippen LogP contribution in [0.3, 0.4) is 0 Å². The van der Waals surface area contributed by atoms with Crippen LogP contribution in [-0.2, 0) is 32.9 Å². The Bertz CT molecular complexity index is 1100. The van der Waals surface area contributed by atoms with Crippen molar-refractivity contribution in [3.05, 3.63) is 48.3 Å². The van der Waals surface area contributed by atoms with E-state index in [1.807, 2.05) is 24.4 Å². The van der Waals surface area contributed by atoms with Gasteiger partial charge in [-0.3, -0.25) is 14.3 Å². The fourth-order valence-electron chi connectivity index (χ4n) is 5.26. The van der Waals surface area contributed by atoms with Crippen molar-refractivity contribution in [1.82, 2.24) is 15.0 Å². The van der Waals surface area contributed by atoms with Crippen LogP contribution in [0.15, 0.2) is 37.1 Å². The summed E-state index contributed by atoms with van der Waals surface area (Å²) in [6.45, 7) is 7.64. The van der Waals surface area contributed by atoms with E-state index >= 15 is 0 Å². The lowest BCUT2D eigenvalue weighted by atomic mass is 9.82. The number of rotatable bonds is 8. The number of anilines is 2. The number of hydrogen-bond donors (Lipinski definition) is 1. The normalized spacial score (nSPS) is 26.2. The molecule has 9 nitrogen and oxygen atoms in total. The minimum Gasteiger partial charge on any atom is -0.396 e. The van der Waals surface area contributed by atoms with Crippen molar-refractivity contribution in [1.29, 1.82) is 0 Å². The summed E-state index contributed by atoms with van der Waals surface area (Å²) in [6.07, 6.45) is 5.93. The number of nitrogens with zero attached hydrogens (tertiary/aromatic N) is 5. The van der Waals surface area contributed by atoms with Crippen LogP contribution >= 0.6 is 0 Å². The van der Waals surface area contributed by atoms with Gasteiger partial charge in [-0.25, -0.2) is 0 Å². The molecule has 0 radical (unpaired) electrons. The molecule has 4 heterocycles. The van der Waals surface area contributed by atoms with E-state index in [2.05, 4.69) is 23.8 Å². The molecule has 0 aliphatic carbocycles.